The minimum absolute atomic E-state index is 0. The molecule has 1 aromatic carbocycles. The topological polar surface area (TPSA) is 0 Å². The fraction of sp³-hybridized carbons (Fsp3) is 0.250. The molecule has 0 radical (unpaired) electrons. The normalized spacial score (nSPS) is 9.14. The molecule has 0 bridgehead atoms. The molecule has 0 amide bonds. The molecule has 0 saturated heterocycles. The van der Waals surface area contributed by atoms with E-state index in [1.807, 2.05) is 0 Å². The molecule has 1 aromatic rings. The van der Waals surface area contributed by atoms with Crippen molar-refractivity contribution < 1.29 is 13.2 Å². The zero-order valence-corrected chi connectivity index (χ0v) is 12.3. The third-order valence-electron chi connectivity index (χ3n) is 1.45. The molecule has 0 fully saturated rings. The molecule has 0 aliphatic rings. The maximum atomic E-state index is 12.0. The van der Waals surface area contributed by atoms with E-state index in [1.54, 1.807) is 6.07 Å². The molecule has 1 rings (SSSR count). The fourth-order valence-electron chi connectivity index (χ4n) is 0.891. The summed E-state index contributed by atoms with van der Waals surface area (Å²) < 4.78 is 36.1. The van der Waals surface area contributed by atoms with Crippen LogP contribution in [0.3, 0.4) is 0 Å². The second kappa shape index (κ2) is 7.70. The van der Waals surface area contributed by atoms with E-state index in [4.69, 9.17) is 0 Å². The van der Waals surface area contributed by atoms with Gasteiger partial charge in [0.1, 0.15) is 0 Å². The van der Waals surface area contributed by atoms with Crippen molar-refractivity contribution in [1.82, 2.24) is 0 Å². The van der Waals surface area contributed by atoms with Gasteiger partial charge in [0.25, 0.3) is 0 Å². The Labute approximate surface area is 112 Å². The molecule has 0 unspecified atom stereocenters. The van der Waals surface area contributed by atoms with Crippen molar-refractivity contribution >= 4 is 50.9 Å². The summed E-state index contributed by atoms with van der Waals surface area (Å²) in [6.07, 6.45) is -4.22. The molecule has 0 spiro atoms. The number of benzene rings is 1. The van der Waals surface area contributed by atoms with Crippen molar-refractivity contribution in [2.75, 3.05) is 0 Å². The van der Waals surface area contributed by atoms with Gasteiger partial charge in [-0.25, -0.2) is 0 Å². The highest BCUT2D eigenvalue weighted by atomic mass is 79.9. The number of hydrogen-bond acceptors (Lipinski definition) is 0. The molecule has 0 aliphatic carbocycles. The number of rotatable bonds is 0. The van der Waals surface area contributed by atoms with E-state index in [9.17, 15) is 13.2 Å². The zero-order valence-electron chi connectivity index (χ0n) is 7.17. The Hall–Kier alpha value is 0.450. The lowest BCUT2D eigenvalue weighted by atomic mass is 10.1. The van der Waals surface area contributed by atoms with E-state index >= 15 is 0 Å². The van der Waals surface area contributed by atoms with Crippen LogP contribution in [0.15, 0.2) is 24.3 Å². The van der Waals surface area contributed by atoms with Gasteiger partial charge in [0.2, 0.25) is 0 Å². The summed E-state index contributed by atoms with van der Waals surface area (Å²) >= 11 is 0. The highest BCUT2D eigenvalue weighted by Gasteiger charge is 2.31. The van der Waals surface area contributed by atoms with Crippen molar-refractivity contribution in [3.8, 4) is 0 Å². The lowest BCUT2D eigenvalue weighted by Crippen LogP contribution is -2.06. The van der Waals surface area contributed by atoms with E-state index in [-0.39, 0.29) is 56.5 Å². The predicted molar refractivity (Wildman–Crippen MR) is 67.1 cm³/mol. The first-order valence-corrected chi connectivity index (χ1v) is 3.14. The summed E-state index contributed by atoms with van der Waals surface area (Å²) in [4.78, 5) is 0. The molecule has 0 heterocycles. The van der Waals surface area contributed by atoms with Gasteiger partial charge in [-0.1, -0.05) is 18.2 Å². The molecule has 6 heteroatoms. The summed E-state index contributed by atoms with van der Waals surface area (Å²) in [5, 5.41) is 0. The zero-order chi connectivity index (χ0) is 8.48. The standard InChI is InChI=1S/C8H7F3.3BrH/c1-6-4-2-3-5-7(6)8(9,10)11;;;/h2-5H,1H3;3*1H. The average Bonchev–Trinajstić information content (AvgIpc) is 1.86. The second-order valence-corrected chi connectivity index (χ2v) is 2.31. The van der Waals surface area contributed by atoms with Crippen molar-refractivity contribution in [1.29, 1.82) is 0 Å². The average molecular weight is 403 g/mol. The Balaban J connectivity index is -0.000000403. The first kappa shape index (κ1) is 19.9. The van der Waals surface area contributed by atoms with E-state index in [0.29, 0.717) is 0 Å². The van der Waals surface area contributed by atoms with Gasteiger partial charge in [0, 0.05) is 0 Å². The molecular formula is C8H10Br3F3. The summed E-state index contributed by atoms with van der Waals surface area (Å²) in [7, 11) is 0. The van der Waals surface area contributed by atoms with Gasteiger partial charge in [0.05, 0.1) is 5.56 Å². The van der Waals surface area contributed by atoms with Gasteiger partial charge in [0.15, 0.2) is 0 Å². The largest absolute Gasteiger partial charge is 0.416 e. The summed E-state index contributed by atoms with van der Waals surface area (Å²) in [6.45, 7) is 1.45. The number of halogens is 6. The Bertz CT molecular complexity index is 260. The smallest absolute Gasteiger partial charge is 0.166 e. The van der Waals surface area contributed by atoms with Crippen LogP contribution in [-0.2, 0) is 6.18 Å². The van der Waals surface area contributed by atoms with E-state index in [1.165, 1.54) is 19.1 Å². The van der Waals surface area contributed by atoms with Gasteiger partial charge < -0.3 is 0 Å². The van der Waals surface area contributed by atoms with Gasteiger partial charge in [-0.2, -0.15) is 13.2 Å². The van der Waals surface area contributed by atoms with Crippen LogP contribution in [-0.4, -0.2) is 0 Å². The maximum Gasteiger partial charge on any atom is 0.416 e. The molecule has 84 valence electrons. The van der Waals surface area contributed by atoms with Crippen molar-refractivity contribution in [3.63, 3.8) is 0 Å². The minimum atomic E-state index is -4.22. The Morgan fingerprint density at radius 1 is 0.929 bits per heavy atom. The van der Waals surface area contributed by atoms with Gasteiger partial charge in [-0.05, 0) is 18.6 Å². The van der Waals surface area contributed by atoms with Gasteiger partial charge in [-0.15, -0.1) is 50.9 Å². The first-order chi connectivity index (χ1) is 5.02. The highest BCUT2D eigenvalue weighted by Crippen LogP contribution is 2.31. The maximum absolute atomic E-state index is 12.0. The van der Waals surface area contributed by atoms with Crippen molar-refractivity contribution in [3.05, 3.63) is 35.4 Å². The molecule has 0 aliphatic heterocycles. The lowest BCUT2D eigenvalue weighted by Gasteiger charge is -2.08. The third kappa shape index (κ3) is 5.36. The minimum Gasteiger partial charge on any atom is -0.166 e. The van der Waals surface area contributed by atoms with Crippen LogP contribution in [0.2, 0.25) is 0 Å². The van der Waals surface area contributed by atoms with E-state index < -0.39 is 11.7 Å². The number of alkyl halides is 3. The molecule has 0 atom stereocenters. The summed E-state index contributed by atoms with van der Waals surface area (Å²) in [5.74, 6) is 0. The summed E-state index contributed by atoms with van der Waals surface area (Å²) in [6, 6.07) is 5.50. The van der Waals surface area contributed by atoms with Crippen molar-refractivity contribution in [2.45, 2.75) is 13.1 Å². The second-order valence-electron chi connectivity index (χ2n) is 2.31. The Morgan fingerprint density at radius 2 is 1.36 bits per heavy atom. The number of hydrogen-bond donors (Lipinski definition) is 0. The molecule has 0 nitrogen and oxygen atoms in total. The summed E-state index contributed by atoms with van der Waals surface area (Å²) in [5.41, 5.74) is -0.292. The number of aryl methyl sites for hydroxylation is 1. The fourth-order valence-corrected chi connectivity index (χ4v) is 0.891. The monoisotopic (exact) mass is 400 g/mol. The highest BCUT2D eigenvalue weighted by molar-refractivity contribution is 8.93. The van der Waals surface area contributed by atoms with Crippen molar-refractivity contribution in [2.24, 2.45) is 0 Å². The third-order valence-corrected chi connectivity index (χ3v) is 1.45. The van der Waals surface area contributed by atoms with Crippen LogP contribution < -0.4 is 0 Å². The molecule has 0 saturated carbocycles. The van der Waals surface area contributed by atoms with Gasteiger partial charge in [-0.3, -0.25) is 0 Å². The van der Waals surface area contributed by atoms with Gasteiger partial charge >= 0.3 is 6.18 Å². The molecular weight excluding hydrogens is 393 g/mol. The lowest BCUT2D eigenvalue weighted by molar-refractivity contribution is -0.138. The van der Waals surface area contributed by atoms with Crippen LogP contribution in [0.4, 0.5) is 13.2 Å². The van der Waals surface area contributed by atoms with E-state index in [0.717, 1.165) is 6.07 Å². The SMILES string of the molecule is Br.Br.Br.Cc1ccccc1C(F)(F)F. The van der Waals surface area contributed by atoms with Crippen LogP contribution in [0.1, 0.15) is 11.1 Å². The molecule has 0 N–H and O–H groups in total. The molecule has 14 heavy (non-hydrogen) atoms. The van der Waals surface area contributed by atoms with Crippen LogP contribution in [0, 0.1) is 6.92 Å². The van der Waals surface area contributed by atoms with Crippen LogP contribution in [0.25, 0.3) is 0 Å². The van der Waals surface area contributed by atoms with E-state index in [2.05, 4.69) is 0 Å². The van der Waals surface area contributed by atoms with Crippen LogP contribution in [0.5, 0.6) is 0 Å². The van der Waals surface area contributed by atoms with Crippen LogP contribution >= 0.6 is 50.9 Å². The first-order valence-electron chi connectivity index (χ1n) is 3.14. The molecule has 0 aromatic heterocycles. The Kier molecular flexibility index (Phi) is 11.0. The predicted octanol–water partition coefficient (Wildman–Crippen LogP) is 4.75. The Morgan fingerprint density at radius 3 is 1.64 bits per heavy atom. The quantitative estimate of drug-likeness (QED) is 0.587.